The third kappa shape index (κ3) is 2.86. The second kappa shape index (κ2) is 5.63. The van der Waals surface area contributed by atoms with E-state index in [0.29, 0.717) is 4.48 Å². The highest BCUT2D eigenvalue weighted by Gasteiger charge is 2.37. The first-order valence-electron chi connectivity index (χ1n) is 5.97. The van der Waals surface area contributed by atoms with E-state index in [-0.39, 0.29) is 11.8 Å². The molecule has 3 nitrogen and oxygen atoms in total. The van der Waals surface area contributed by atoms with Gasteiger partial charge in [-0.1, -0.05) is 30.3 Å². The molecule has 0 aliphatic carbocycles. The van der Waals surface area contributed by atoms with Gasteiger partial charge < -0.3 is 5.32 Å². The molecule has 1 aromatic rings. The van der Waals surface area contributed by atoms with Gasteiger partial charge in [0.2, 0.25) is 0 Å². The van der Waals surface area contributed by atoms with E-state index in [1.807, 2.05) is 18.2 Å². The first-order valence-corrected chi connectivity index (χ1v) is 6.50. The van der Waals surface area contributed by atoms with Crippen LogP contribution in [0.1, 0.15) is 5.56 Å². The van der Waals surface area contributed by atoms with Gasteiger partial charge >= 0.3 is 5.91 Å². The summed E-state index contributed by atoms with van der Waals surface area (Å²) in [5, 5.41) is 3.29. The SMILES string of the molecule is O=C(CCl)[N+]1(Cc2ccccc2)CCNCC1. The quantitative estimate of drug-likeness (QED) is 0.651. The Morgan fingerprint density at radius 3 is 2.47 bits per heavy atom. The van der Waals surface area contributed by atoms with Crippen molar-refractivity contribution in [3.63, 3.8) is 0 Å². The summed E-state index contributed by atoms with van der Waals surface area (Å²) in [4.78, 5) is 12.1. The highest BCUT2D eigenvalue weighted by atomic mass is 35.5. The average Bonchev–Trinajstić information content (AvgIpc) is 2.40. The van der Waals surface area contributed by atoms with Crippen LogP contribution in [0.4, 0.5) is 0 Å². The van der Waals surface area contributed by atoms with E-state index < -0.39 is 0 Å². The highest BCUT2D eigenvalue weighted by molar-refractivity contribution is 6.26. The number of benzene rings is 1. The maximum absolute atomic E-state index is 12.1. The van der Waals surface area contributed by atoms with Crippen LogP contribution in [0.2, 0.25) is 0 Å². The van der Waals surface area contributed by atoms with Crippen LogP contribution in [0.15, 0.2) is 30.3 Å². The maximum Gasteiger partial charge on any atom is 0.328 e. The van der Waals surface area contributed by atoms with Gasteiger partial charge in [0.1, 0.15) is 12.4 Å². The monoisotopic (exact) mass is 253 g/mol. The second-order valence-corrected chi connectivity index (χ2v) is 4.78. The lowest BCUT2D eigenvalue weighted by atomic mass is 10.1. The second-order valence-electron chi connectivity index (χ2n) is 4.51. The zero-order valence-corrected chi connectivity index (χ0v) is 10.6. The fourth-order valence-corrected chi connectivity index (χ4v) is 2.63. The van der Waals surface area contributed by atoms with Crippen LogP contribution in [0.5, 0.6) is 0 Å². The minimum atomic E-state index is 0.104. The lowest BCUT2D eigenvalue weighted by molar-refractivity contribution is -0.868. The van der Waals surface area contributed by atoms with E-state index in [1.165, 1.54) is 5.56 Å². The van der Waals surface area contributed by atoms with Gasteiger partial charge in [-0.05, 0) is 0 Å². The summed E-state index contributed by atoms with van der Waals surface area (Å²) in [5.74, 6) is 0.240. The summed E-state index contributed by atoms with van der Waals surface area (Å²) in [6.07, 6.45) is 0. The summed E-state index contributed by atoms with van der Waals surface area (Å²) >= 11 is 5.76. The van der Waals surface area contributed by atoms with E-state index in [0.717, 1.165) is 32.7 Å². The predicted octanol–water partition coefficient (Wildman–Crippen LogP) is 1.37. The lowest BCUT2D eigenvalue weighted by Gasteiger charge is -2.38. The molecular weight excluding hydrogens is 236 g/mol. The molecule has 1 heterocycles. The molecular formula is C13H18ClN2O+. The number of rotatable bonds is 3. The molecule has 1 N–H and O–H groups in total. The Morgan fingerprint density at radius 2 is 1.88 bits per heavy atom. The molecule has 1 aromatic carbocycles. The van der Waals surface area contributed by atoms with Crippen molar-refractivity contribution in [2.75, 3.05) is 32.1 Å². The molecule has 1 fully saturated rings. The number of carbonyl (C=O) groups is 1. The largest absolute Gasteiger partial charge is 0.328 e. The number of hydrogen-bond donors (Lipinski definition) is 1. The van der Waals surface area contributed by atoms with Crippen LogP contribution in [-0.2, 0) is 11.3 Å². The first kappa shape index (κ1) is 12.6. The Hall–Kier alpha value is -0.900. The fourth-order valence-electron chi connectivity index (χ4n) is 2.38. The fraction of sp³-hybridized carbons (Fsp3) is 0.462. The third-order valence-corrected chi connectivity index (χ3v) is 3.63. The zero-order valence-electron chi connectivity index (χ0n) is 9.86. The van der Waals surface area contributed by atoms with Gasteiger partial charge in [-0.2, -0.15) is 0 Å². The standard InChI is InChI=1S/C13H18ClN2O/c14-10-13(17)16(8-6-15-7-9-16)11-12-4-2-1-3-5-12/h1-5,15H,6-11H2/q+1. The van der Waals surface area contributed by atoms with Crippen molar-refractivity contribution in [1.82, 2.24) is 5.32 Å². The maximum atomic E-state index is 12.1. The van der Waals surface area contributed by atoms with E-state index in [1.54, 1.807) is 0 Å². The van der Waals surface area contributed by atoms with Gasteiger partial charge in [-0.15, -0.1) is 11.6 Å². The van der Waals surface area contributed by atoms with Gasteiger partial charge in [-0.3, -0.25) is 4.48 Å². The molecule has 0 bridgehead atoms. The molecule has 17 heavy (non-hydrogen) atoms. The number of nitrogens with zero attached hydrogens (tertiary/aromatic N) is 1. The molecule has 0 aromatic heterocycles. The topological polar surface area (TPSA) is 29.1 Å². The molecule has 1 saturated heterocycles. The highest BCUT2D eigenvalue weighted by Crippen LogP contribution is 2.17. The molecule has 1 aliphatic heterocycles. The van der Waals surface area contributed by atoms with Crippen molar-refractivity contribution < 1.29 is 9.28 Å². The van der Waals surface area contributed by atoms with Crippen molar-refractivity contribution in [2.45, 2.75) is 6.54 Å². The Kier molecular flexibility index (Phi) is 4.15. The molecule has 1 amide bonds. The van der Waals surface area contributed by atoms with Crippen molar-refractivity contribution in [2.24, 2.45) is 0 Å². The van der Waals surface area contributed by atoms with Crippen molar-refractivity contribution in [3.05, 3.63) is 35.9 Å². The van der Waals surface area contributed by atoms with E-state index >= 15 is 0 Å². The number of nitrogens with one attached hydrogen (secondary N) is 1. The number of quaternary nitrogens is 1. The van der Waals surface area contributed by atoms with E-state index in [2.05, 4.69) is 17.4 Å². The van der Waals surface area contributed by atoms with Gasteiger partial charge in [0.15, 0.2) is 0 Å². The minimum absolute atomic E-state index is 0.104. The summed E-state index contributed by atoms with van der Waals surface area (Å²) in [6.45, 7) is 4.19. The number of piperazine rings is 1. The number of amides is 1. The molecule has 4 heteroatoms. The van der Waals surface area contributed by atoms with E-state index in [9.17, 15) is 4.79 Å². The predicted molar refractivity (Wildman–Crippen MR) is 68.7 cm³/mol. The Bertz CT molecular complexity index is 374. The van der Waals surface area contributed by atoms with Crippen molar-refractivity contribution in [1.29, 1.82) is 0 Å². The molecule has 2 rings (SSSR count). The lowest BCUT2D eigenvalue weighted by Crippen LogP contribution is -2.61. The van der Waals surface area contributed by atoms with Gasteiger partial charge in [0, 0.05) is 18.7 Å². The number of carbonyl (C=O) groups excluding carboxylic acids is 1. The molecule has 1 aliphatic rings. The molecule has 0 unspecified atom stereocenters. The average molecular weight is 254 g/mol. The Labute approximate surface area is 107 Å². The first-order chi connectivity index (χ1) is 8.27. The smallest absolute Gasteiger partial charge is 0.306 e. The van der Waals surface area contributed by atoms with Crippen LogP contribution in [-0.4, -0.2) is 42.4 Å². The van der Waals surface area contributed by atoms with Crippen molar-refractivity contribution >= 4 is 17.5 Å². The van der Waals surface area contributed by atoms with Gasteiger partial charge in [0.05, 0.1) is 13.1 Å². The number of hydrogen-bond acceptors (Lipinski definition) is 2. The van der Waals surface area contributed by atoms with Crippen LogP contribution in [0, 0.1) is 0 Å². The van der Waals surface area contributed by atoms with Gasteiger partial charge in [-0.25, -0.2) is 4.79 Å². The Balaban J connectivity index is 2.19. The van der Waals surface area contributed by atoms with Crippen LogP contribution in [0.3, 0.4) is 0 Å². The minimum Gasteiger partial charge on any atom is -0.306 e. The summed E-state index contributed by atoms with van der Waals surface area (Å²) < 4.78 is 0.487. The van der Waals surface area contributed by atoms with Gasteiger partial charge in [0.25, 0.3) is 0 Å². The van der Waals surface area contributed by atoms with Crippen LogP contribution >= 0.6 is 11.6 Å². The molecule has 92 valence electrons. The van der Waals surface area contributed by atoms with Crippen molar-refractivity contribution in [3.8, 4) is 0 Å². The Morgan fingerprint density at radius 1 is 1.24 bits per heavy atom. The number of alkyl halides is 1. The van der Waals surface area contributed by atoms with Crippen LogP contribution < -0.4 is 5.32 Å². The van der Waals surface area contributed by atoms with Crippen LogP contribution in [0.25, 0.3) is 0 Å². The third-order valence-electron chi connectivity index (χ3n) is 3.40. The zero-order chi connectivity index (χ0) is 12.1. The normalized spacial score (nSPS) is 18.9. The molecule has 0 radical (unpaired) electrons. The van der Waals surface area contributed by atoms with E-state index in [4.69, 9.17) is 11.6 Å². The summed E-state index contributed by atoms with van der Waals surface area (Å²) in [6, 6.07) is 10.2. The molecule has 0 spiro atoms. The number of halogens is 1. The summed E-state index contributed by atoms with van der Waals surface area (Å²) in [5.41, 5.74) is 1.20. The molecule has 0 saturated carbocycles. The molecule has 0 atom stereocenters. The summed E-state index contributed by atoms with van der Waals surface area (Å²) in [7, 11) is 0.